The van der Waals surface area contributed by atoms with Gasteiger partial charge < -0.3 is 14.9 Å². The Kier molecular flexibility index (Phi) is 6.00. The Bertz CT molecular complexity index is 461. The molecular formula is C18H30N4O. The first-order valence-corrected chi connectivity index (χ1v) is 8.95. The standard InChI is InChI=1S/C18H30N4O/c1-2-20-7-9-21(10-8-20)12-17-13-22(14-18(17)15-23)11-16-3-5-19-6-4-16/h3-6,17-18,23H,2,7-15H2,1H3/t17-,18-/m1/s1. The molecule has 0 saturated carbocycles. The molecule has 2 aliphatic heterocycles. The average Bonchev–Trinajstić information content (AvgIpc) is 2.98. The molecule has 0 radical (unpaired) electrons. The monoisotopic (exact) mass is 318 g/mol. The van der Waals surface area contributed by atoms with Crippen LogP contribution in [-0.2, 0) is 6.54 Å². The van der Waals surface area contributed by atoms with Crippen molar-refractivity contribution in [1.82, 2.24) is 19.7 Å². The number of hydrogen-bond acceptors (Lipinski definition) is 5. The lowest BCUT2D eigenvalue weighted by Gasteiger charge is -2.36. The van der Waals surface area contributed by atoms with Crippen molar-refractivity contribution in [2.75, 3.05) is 59.0 Å². The lowest BCUT2D eigenvalue weighted by molar-refractivity contribution is 0.106. The Morgan fingerprint density at radius 2 is 1.65 bits per heavy atom. The van der Waals surface area contributed by atoms with Crippen LogP contribution in [0.5, 0.6) is 0 Å². The van der Waals surface area contributed by atoms with Gasteiger partial charge in [0.05, 0.1) is 0 Å². The molecule has 0 aromatic carbocycles. The van der Waals surface area contributed by atoms with Gasteiger partial charge in [0.15, 0.2) is 0 Å². The third-order valence-electron chi connectivity index (χ3n) is 5.45. The van der Waals surface area contributed by atoms with Crippen LogP contribution in [0.2, 0.25) is 0 Å². The fraction of sp³-hybridized carbons (Fsp3) is 0.722. The van der Waals surface area contributed by atoms with E-state index in [1.165, 1.54) is 31.7 Å². The number of aromatic nitrogens is 1. The number of aliphatic hydroxyl groups excluding tert-OH is 1. The summed E-state index contributed by atoms with van der Waals surface area (Å²) in [5, 5.41) is 9.77. The number of likely N-dealkylation sites (N-methyl/N-ethyl adjacent to an activating group) is 1. The minimum atomic E-state index is 0.312. The Morgan fingerprint density at radius 3 is 2.30 bits per heavy atom. The Balaban J connectivity index is 1.51. The van der Waals surface area contributed by atoms with Crippen molar-refractivity contribution in [2.24, 2.45) is 11.8 Å². The fourth-order valence-corrected chi connectivity index (χ4v) is 3.94. The van der Waals surface area contributed by atoms with Crippen LogP contribution in [-0.4, -0.2) is 83.8 Å². The molecule has 5 heteroatoms. The molecule has 2 aliphatic rings. The van der Waals surface area contributed by atoms with Gasteiger partial charge >= 0.3 is 0 Å². The number of hydrogen-bond donors (Lipinski definition) is 1. The van der Waals surface area contributed by atoms with Crippen LogP contribution in [0.3, 0.4) is 0 Å². The largest absolute Gasteiger partial charge is 0.396 e. The van der Waals surface area contributed by atoms with Crippen LogP contribution in [0.1, 0.15) is 12.5 Å². The van der Waals surface area contributed by atoms with Crippen molar-refractivity contribution < 1.29 is 5.11 Å². The molecule has 5 nitrogen and oxygen atoms in total. The molecule has 128 valence electrons. The summed E-state index contributed by atoms with van der Waals surface area (Å²) in [4.78, 5) is 11.7. The summed E-state index contributed by atoms with van der Waals surface area (Å²) in [5.74, 6) is 1.01. The van der Waals surface area contributed by atoms with Gasteiger partial charge in [-0.1, -0.05) is 6.92 Å². The highest BCUT2D eigenvalue weighted by molar-refractivity contribution is 5.10. The van der Waals surface area contributed by atoms with E-state index in [1.54, 1.807) is 0 Å². The van der Waals surface area contributed by atoms with Gasteiger partial charge in [0.2, 0.25) is 0 Å². The molecule has 0 unspecified atom stereocenters. The zero-order valence-electron chi connectivity index (χ0n) is 14.3. The Hall–Kier alpha value is -1.01. The second-order valence-corrected chi connectivity index (χ2v) is 6.99. The molecule has 3 rings (SSSR count). The highest BCUT2D eigenvalue weighted by Gasteiger charge is 2.33. The summed E-state index contributed by atoms with van der Waals surface area (Å²) in [7, 11) is 0. The van der Waals surface area contributed by atoms with E-state index in [0.29, 0.717) is 18.4 Å². The topological polar surface area (TPSA) is 42.8 Å². The van der Waals surface area contributed by atoms with Gasteiger partial charge in [-0.05, 0) is 36.1 Å². The van der Waals surface area contributed by atoms with E-state index in [9.17, 15) is 5.11 Å². The summed E-state index contributed by atoms with van der Waals surface area (Å²) < 4.78 is 0. The molecule has 0 spiro atoms. The zero-order valence-corrected chi connectivity index (χ0v) is 14.3. The molecule has 2 fully saturated rings. The average molecular weight is 318 g/mol. The first kappa shape index (κ1) is 16.8. The summed E-state index contributed by atoms with van der Waals surface area (Å²) >= 11 is 0. The normalized spacial score (nSPS) is 27.6. The van der Waals surface area contributed by atoms with E-state index in [4.69, 9.17) is 0 Å². The van der Waals surface area contributed by atoms with E-state index in [-0.39, 0.29) is 0 Å². The summed E-state index contributed by atoms with van der Waals surface area (Å²) in [6, 6.07) is 4.18. The lowest BCUT2D eigenvalue weighted by Crippen LogP contribution is -2.48. The Labute approximate surface area is 139 Å². The molecule has 2 saturated heterocycles. The van der Waals surface area contributed by atoms with Crippen molar-refractivity contribution in [2.45, 2.75) is 13.5 Å². The Morgan fingerprint density at radius 1 is 1.00 bits per heavy atom. The molecule has 0 amide bonds. The number of nitrogens with zero attached hydrogens (tertiary/aromatic N) is 4. The second-order valence-electron chi connectivity index (χ2n) is 6.99. The van der Waals surface area contributed by atoms with Crippen molar-refractivity contribution >= 4 is 0 Å². The molecule has 1 aromatic rings. The van der Waals surface area contributed by atoms with E-state index in [1.807, 2.05) is 12.4 Å². The van der Waals surface area contributed by atoms with E-state index in [2.05, 4.69) is 38.7 Å². The van der Waals surface area contributed by atoms with Gasteiger partial charge in [-0.3, -0.25) is 9.88 Å². The number of likely N-dealkylation sites (tertiary alicyclic amines) is 1. The van der Waals surface area contributed by atoms with Crippen LogP contribution in [0.25, 0.3) is 0 Å². The van der Waals surface area contributed by atoms with E-state index in [0.717, 1.165) is 32.7 Å². The van der Waals surface area contributed by atoms with E-state index < -0.39 is 0 Å². The minimum Gasteiger partial charge on any atom is -0.396 e. The highest BCUT2D eigenvalue weighted by atomic mass is 16.3. The van der Waals surface area contributed by atoms with Crippen LogP contribution in [0.15, 0.2) is 24.5 Å². The van der Waals surface area contributed by atoms with Crippen LogP contribution in [0, 0.1) is 11.8 Å². The summed E-state index contributed by atoms with van der Waals surface area (Å²) in [6.07, 6.45) is 3.72. The maximum absolute atomic E-state index is 9.77. The van der Waals surface area contributed by atoms with Crippen molar-refractivity contribution in [3.63, 3.8) is 0 Å². The first-order chi connectivity index (χ1) is 11.3. The number of pyridine rings is 1. The smallest absolute Gasteiger partial charge is 0.0475 e. The lowest BCUT2D eigenvalue weighted by atomic mass is 9.96. The van der Waals surface area contributed by atoms with Gasteiger partial charge in [0, 0.05) is 71.4 Å². The zero-order chi connectivity index (χ0) is 16.1. The quantitative estimate of drug-likeness (QED) is 0.839. The first-order valence-electron chi connectivity index (χ1n) is 8.95. The molecular weight excluding hydrogens is 288 g/mol. The number of piperazine rings is 1. The predicted octanol–water partition coefficient (Wildman–Crippen LogP) is 0.759. The van der Waals surface area contributed by atoms with Crippen molar-refractivity contribution in [1.29, 1.82) is 0 Å². The van der Waals surface area contributed by atoms with Gasteiger partial charge in [-0.15, -0.1) is 0 Å². The summed E-state index contributed by atoms with van der Waals surface area (Å²) in [6.45, 7) is 12.7. The third-order valence-corrected chi connectivity index (χ3v) is 5.45. The van der Waals surface area contributed by atoms with Gasteiger partial charge in [-0.25, -0.2) is 0 Å². The van der Waals surface area contributed by atoms with Crippen LogP contribution >= 0.6 is 0 Å². The second kappa shape index (κ2) is 8.20. The predicted molar refractivity (Wildman–Crippen MR) is 92.1 cm³/mol. The van der Waals surface area contributed by atoms with Crippen molar-refractivity contribution in [3.8, 4) is 0 Å². The third kappa shape index (κ3) is 4.51. The molecule has 2 atom stereocenters. The van der Waals surface area contributed by atoms with Crippen molar-refractivity contribution in [3.05, 3.63) is 30.1 Å². The maximum atomic E-state index is 9.77. The maximum Gasteiger partial charge on any atom is 0.0475 e. The SMILES string of the molecule is CCN1CCN(C[C@@H]2CN(Cc3ccncc3)C[C@@H]2CO)CC1. The fourth-order valence-electron chi connectivity index (χ4n) is 3.94. The molecule has 3 heterocycles. The van der Waals surface area contributed by atoms with E-state index >= 15 is 0 Å². The summed E-state index contributed by atoms with van der Waals surface area (Å²) in [5.41, 5.74) is 1.31. The number of rotatable bonds is 6. The van der Waals surface area contributed by atoms with Crippen LogP contribution < -0.4 is 0 Å². The highest BCUT2D eigenvalue weighted by Crippen LogP contribution is 2.26. The van der Waals surface area contributed by atoms with Gasteiger partial charge in [0.1, 0.15) is 0 Å². The van der Waals surface area contributed by atoms with Gasteiger partial charge in [0.25, 0.3) is 0 Å². The molecule has 0 bridgehead atoms. The number of aliphatic hydroxyl groups is 1. The molecule has 1 aromatic heterocycles. The minimum absolute atomic E-state index is 0.312. The van der Waals surface area contributed by atoms with Crippen LogP contribution in [0.4, 0.5) is 0 Å². The molecule has 1 N–H and O–H groups in total. The molecule has 0 aliphatic carbocycles. The van der Waals surface area contributed by atoms with Gasteiger partial charge in [-0.2, -0.15) is 0 Å². The molecule has 23 heavy (non-hydrogen) atoms.